The van der Waals surface area contributed by atoms with Crippen molar-refractivity contribution in [2.75, 3.05) is 51.3 Å². The minimum Gasteiger partial charge on any atom is -0.378 e. The molecule has 8 nitrogen and oxygen atoms in total. The first-order chi connectivity index (χ1) is 16.4. The maximum atomic E-state index is 13.2. The van der Waals surface area contributed by atoms with Crippen LogP contribution in [0.15, 0.2) is 53.4 Å². The molecule has 0 bridgehead atoms. The highest BCUT2D eigenvalue weighted by Crippen LogP contribution is 2.27. The summed E-state index contributed by atoms with van der Waals surface area (Å²) in [7, 11) is -1.82. The highest BCUT2D eigenvalue weighted by atomic mass is 32.2. The number of anilines is 1. The fourth-order valence-electron chi connectivity index (χ4n) is 4.60. The van der Waals surface area contributed by atoms with Crippen LogP contribution in [0.2, 0.25) is 0 Å². The fourth-order valence-corrected chi connectivity index (χ4v) is 6.07. The van der Waals surface area contributed by atoms with E-state index in [0.29, 0.717) is 51.3 Å². The molecule has 180 valence electrons. The molecule has 2 saturated heterocycles. The summed E-state index contributed by atoms with van der Waals surface area (Å²) in [5, 5.41) is 8.93. The first-order valence-electron chi connectivity index (χ1n) is 11.6. The van der Waals surface area contributed by atoms with Crippen molar-refractivity contribution in [1.82, 2.24) is 9.21 Å². The monoisotopic (exact) mass is 482 g/mol. The third-order valence-electron chi connectivity index (χ3n) is 6.55. The number of piperidine rings is 1. The molecular formula is C25H30N4O4S. The van der Waals surface area contributed by atoms with Gasteiger partial charge in [0.2, 0.25) is 15.9 Å². The molecule has 0 saturated carbocycles. The lowest BCUT2D eigenvalue weighted by Gasteiger charge is -2.34. The molecule has 2 aromatic carbocycles. The van der Waals surface area contributed by atoms with Crippen molar-refractivity contribution in [3.63, 3.8) is 0 Å². The number of hydrogen-bond acceptors (Lipinski definition) is 6. The van der Waals surface area contributed by atoms with E-state index in [1.165, 1.54) is 28.6 Å². The van der Waals surface area contributed by atoms with Gasteiger partial charge in [0.1, 0.15) is 0 Å². The number of rotatable bonds is 6. The molecule has 4 rings (SSSR count). The average molecular weight is 483 g/mol. The van der Waals surface area contributed by atoms with Gasteiger partial charge in [-0.15, -0.1) is 0 Å². The molecular weight excluding hydrogens is 452 g/mol. The molecule has 34 heavy (non-hydrogen) atoms. The van der Waals surface area contributed by atoms with E-state index < -0.39 is 10.0 Å². The number of nitrogens with zero attached hydrogens (tertiary/aromatic N) is 4. The molecule has 0 unspecified atom stereocenters. The van der Waals surface area contributed by atoms with Gasteiger partial charge in [-0.05, 0) is 48.7 Å². The van der Waals surface area contributed by atoms with Crippen molar-refractivity contribution in [3.05, 3.63) is 59.7 Å². The summed E-state index contributed by atoms with van der Waals surface area (Å²) < 4.78 is 32.8. The third-order valence-corrected chi connectivity index (χ3v) is 8.46. The quantitative estimate of drug-likeness (QED) is 0.628. The van der Waals surface area contributed by atoms with Crippen LogP contribution in [-0.4, -0.2) is 70.0 Å². The first-order valence-corrected chi connectivity index (χ1v) is 13.0. The van der Waals surface area contributed by atoms with Gasteiger partial charge in [0.15, 0.2) is 0 Å². The van der Waals surface area contributed by atoms with Crippen LogP contribution in [0.4, 0.5) is 5.69 Å². The lowest BCUT2D eigenvalue weighted by atomic mass is 9.96. The minimum atomic E-state index is -3.64. The second-order valence-electron chi connectivity index (χ2n) is 8.74. The highest BCUT2D eigenvalue weighted by molar-refractivity contribution is 7.89. The lowest BCUT2D eigenvalue weighted by molar-refractivity contribution is -0.135. The van der Waals surface area contributed by atoms with Crippen molar-refractivity contribution >= 4 is 21.6 Å². The Kier molecular flexibility index (Phi) is 7.51. The Balaban J connectivity index is 1.37. The Morgan fingerprint density at radius 1 is 1.06 bits per heavy atom. The number of para-hydroxylation sites is 1. The zero-order valence-corrected chi connectivity index (χ0v) is 20.2. The number of benzene rings is 2. The fraction of sp³-hybridized carbons (Fsp3) is 0.440. The summed E-state index contributed by atoms with van der Waals surface area (Å²) >= 11 is 0. The third kappa shape index (κ3) is 5.25. The van der Waals surface area contributed by atoms with E-state index in [0.717, 1.165) is 24.3 Å². The van der Waals surface area contributed by atoms with Crippen LogP contribution in [0.3, 0.4) is 0 Å². The van der Waals surface area contributed by atoms with Gasteiger partial charge in [0, 0.05) is 51.4 Å². The molecule has 1 amide bonds. The van der Waals surface area contributed by atoms with Crippen molar-refractivity contribution < 1.29 is 17.9 Å². The van der Waals surface area contributed by atoms with Gasteiger partial charge in [-0.1, -0.05) is 18.2 Å². The summed E-state index contributed by atoms with van der Waals surface area (Å²) in [5.41, 5.74) is 2.65. The van der Waals surface area contributed by atoms with Gasteiger partial charge in [-0.2, -0.15) is 9.57 Å². The van der Waals surface area contributed by atoms with Crippen LogP contribution >= 0.6 is 0 Å². The average Bonchev–Trinajstić information content (AvgIpc) is 2.89. The zero-order valence-electron chi connectivity index (χ0n) is 19.4. The van der Waals surface area contributed by atoms with Crippen LogP contribution in [0, 0.1) is 17.2 Å². The van der Waals surface area contributed by atoms with Crippen LogP contribution in [0.1, 0.15) is 24.0 Å². The van der Waals surface area contributed by atoms with Crippen LogP contribution in [-0.2, 0) is 26.1 Å². The van der Waals surface area contributed by atoms with E-state index in [2.05, 4.69) is 17.0 Å². The largest absolute Gasteiger partial charge is 0.378 e. The predicted molar refractivity (Wildman–Crippen MR) is 129 cm³/mol. The van der Waals surface area contributed by atoms with Crippen LogP contribution in [0.25, 0.3) is 0 Å². The van der Waals surface area contributed by atoms with Gasteiger partial charge in [-0.3, -0.25) is 4.79 Å². The van der Waals surface area contributed by atoms with Crippen LogP contribution < -0.4 is 4.90 Å². The molecule has 2 fully saturated rings. The number of amides is 1. The maximum absolute atomic E-state index is 13.2. The number of ether oxygens (including phenoxy) is 1. The van der Waals surface area contributed by atoms with Gasteiger partial charge >= 0.3 is 0 Å². The Labute approximate surface area is 201 Å². The number of carbonyl (C=O) groups excluding carboxylic acids is 1. The summed E-state index contributed by atoms with van der Waals surface area (Å²) in [6, 6.07) is 16.1. The van der Waals surface area contributed by atoms with E-state index in [9.17, 15) is 13.2 Å². The standard InChI is InChI=1S/C25H30N4O4S/c1-27(19-22-4-2-3-5-24(22)28-14-16-33-17-15-28)25(30)21-10-12-29(13-11-21)34(31,32)23-8-6-20(18-26)7-9-23/h2-9,21H,10-17,19H2,1H3. The molecule has 0 radical (unpaired) electrons. The number of hydrogen-bond donors (Lipinski definition) is 0. The summed E-state index contributed by atoms with van der Waals surface area (Å²) in [6.07, 6.45) is 0.980. The van der Waals surface area contributed by atoms with Crippen molar-refractivity contribution in [2.45, 2.75) is 24.3 Å². The Morgan fingerprint density at radius 2 is 1.71 bits per heavy atom. The molecule has 0 spiro atoms. The number of morpholine rings is 1. The Bertz CT molecular complexity index is 1150. The molecule has 2 aliphatic heterocycles. The van der Waals surface area contributed by atoms with E-state index >= 15 is 0 Å². The normalized spacial score (nSPS) is 17.8. The van der Waals surface area contributed by atoms with Gasteiger partial charge in [0.25, 0.3) is 0 Å². The van der Waals surface area contributed by atoms with E-state index in [1.54, 1.807) is 4.90 Å². The molecule has 2 aliphatic rings. The Morgan fingerprint density at radius 3 is 2.35 bits per heavy atom. The van der Waals surface area contributed by atoms with E-state index in [1.807, 2.05) is 25.2 Å². The molecule has 2 heterocycles. The molecule has 0 aromatic heterocycles. The van der Waals surface area contributed by atoms with Crippen LogP contribution in [0.5, 0.6) is 0 Å². The van der Waals surface area contributed by atoms with Crippen molar-refractivity contribution in [2.24, 2.45) is 5.92 Å². The molecule has 0 atom stereocenters. The van der Waals surface area contributed by atoms with Crippen molar-refractivity contribution in [1.29, 1.82) is 5.26 Å². The van der Waals surface area contributed by atoms with E-state index in [-0.39, 0.29) is 16.7 Å². The Hall–Kier alpha value is -2.93. The minimum absolute atomic E-state index is 0.0483. The zero-order chi connectivity index (χ0) is 24.1. The topological polar surface area (TPSA) is 93.9 Å². The second kappa shape index (κ2) is 10.6. The highest BCUT2D eigenvalue weighted by Gasteiger charge is 2.33. The molecule has 2 aromatic rings. The lowest BCUT2D eigenvalue weighted by Crippen LogP contribution is -2.43. The van der Waals surface area contributed by atoms with Gasteiger partial charge in [0.05, 0.1) is 29.7 Å². The van der Waals surface area contributed by atoms with Gasteiger partial charge in [-0.25, -0.2) is 8.42 Å². The SMILES string of the molecule is CN(Cc1ccccc1N1CCOCC1)C(=O)C1CCN(S(=O)(=O)c2ccc(C#N)cc2)CC1. The number of sulfonamides is 1. The molecule has 9 heteroatoms. The smallest absolute Gasteiger partial charge is 0.243 e. The number of carbonyl (C=O) groups is 1. The molecule has 0 N–H and O–H groups in total. The second-order valence-corrected chi connectivity index (χ2v) is 10.7. The summed E-state index contributed by atoms with van der Waals surface area (Å²) in [4.78, 5) is 17.4. The van der Waals surface area contributed by atoms with Crippen molar-refractivity contribution in [3.8, 4) is 6.07 Å². The summed E-state index contributed by atoms with van der Waals surface area (Å²) in [6.45, 7) is 4.19. The summed E-state index contributed by atoms with van der Waals surface area (Å²) in [5.74, 6) is -0.153. The molecule has 0 aliphatic carbocycles. The maximum Gasteiger partial charge on any atom is 0.243 e. The predicted octanol–water partition coefficient (Wildman–Crippen LogP) is 2.45. The van der Waals surface area contributed by atoms with Gasteiger partial charge < -0.3 is 14.5 Å². The first kappa shape index (κ1) is 24.2. The number of nitriles is 1. The van der Waals surface area contributed by atoms with E-state index in [4.69, 9.17) is 10.00 Å².